The van der Waals surface area contributed by atoms with E-state index in [1.807, 2.05) is 48.5 Å². The molecule has 1 N–H and O–H groups in total. The molecule has 5 heteroatoms. The highest BCUT2D eigenvalue weighted by Crippen LogP contribution is 2.52. The first-order valence-electron chi connectivity index (χ1n) is 11.4. The van der Waals surface area contributed by atoms with Gasteiger partial charge in [-0.3, -0.25) is 9.69 Å². The smallest absolute Gasteiger partial charge is 0.192 e. The largest absolute Gasteiger partial charge is 0.383 e. The van der Waals surface area contributed by atoms with E-state index in [0.717, 1.165) is 32.0 Å². The van der Waals surface area contributed by atoms with E-state index in [-0.39, 0.29) is 5.78 Å². The lowest BCUT2D eigenvalue weighted by Crippen LogP contribution is -2.13. The number of ketones is 1. The van der Waals surface area contributed by atoms with Crippen molar-refractivity contribution in [3.63, 3.8) is 0 Å². The standard InChI is InChI=1S/C30H19NO2S2/c32-29-21-15-13-18-7-1-2-8-20(18)28(21)30(33)22(29)17-19-14-16-27(34-19)31-23-9-3-5-11-25(23)35-26-12-6-4-10-24(26)31/h1-17,30,33H/b22-17+. The van der Waals surface area contributed by atoms with Crippen LogP contribution >= 0.6 is 23.1 Å². The number of thiophene rings is 1. The minimum absolute atomic E-state index is 0.0988. The summed E-state index contributed by atoms with van der Waals surface area (Å²) in [4.78, 5) is 18.9. The molecule has 1 aliphatic heterocycles. The molecular weight excluding hydrogens is 470 g/mol. The highest BCUT2D eigenvalue weighted by atomic mass is 32.2. The number of hydrogen-bond acceptors (Lipinski definition) is 5. The second kappa shape index (κ2) is 7.95. The van der Waals surface area contributed by atoms with Crippen LogP contribution in [0.1, 0.15) is 26.9 Å². The first-order valence-corrected chi connectivity index (χ1v) is 13.0. The van der Waals surface area contributed by atoms with Crippen molar-refractivity contribution < 1.29 is 9.90 Å². The van der Waals surface area contributed by atoms with E-state index in [2.05, 4.69) is 59.5 Å². The van der Waals surface area contributed by atoms with Crippen molar-refractivity contribution in [2.24, 2.45) is 0 Å². The predicted molar refractivity (Wildman–Crippen MR) is 144 cm³/mol. The molecule has 0 amide bonds. The Labute approximate surface area is 211 Å². The summed E-state index contributed by atoms with van der Waals surface area (Å²) in [7, 11) is 0. The molecule has 4 aromatic carbocycles. The molecule has 0 bridgehead atoms. The van der Waals surface area contributed by atoms with Crippen molar-refractivity contribution in [3.8, 4) is 0 Å². The normalized spacial score (nSPS) is 17.5. The maximum Gasteiger partial charge on any atom is 0.192 e. The van der Waals surface area contributed by atoms with Crippen LogP contribution in [0.25, 0.3) is 16.8 Å². The number of carbonyl (C=O) groups excluding carboxylic acids is 1. The van der Waals surface area contributed by atoms with Crippen molar-refractivity contribution >= 4 is 62.1 Å². The van der Waals surface area contributed by atoms with E-state index < -0.39 is 6.10 Å². The first-order chi connectivity index (χ1) is 17.2. The average Bonchev–Trinajstić information content (AvgIpc) is 3.45. The van der Waals surface area contributed by atoms with Gasteiger partial charge in [0.15, 0.2) is 5.78 Å². The number of aliphatic hydroxyl groups excluding tert-OH is 1. The summed E-state index contributed by atoms with van der Waals surface area (Å²) < 4.78 is 0. The summed E-state index contributed by atoms with van der Waals surface area (Å²) >= 11 is 3.40. The van der Waals surface area contributed by atoms with Crippen LogP contribution in [-0.2, 0) is 0 Å². The summed E-state index contributed by atoms with van der Waals surface area (Å²) in [6.07, 6.45) is 0.925. The van der Waals surface area contributed by atoms with Crippen LogP contribution in [0.2, 0.25) is 0 Å². The third-order valence-electron chi connectivity index (χ3n) is 6.61. The van der Waals surface area contributed by atoms with Gasteiger partial charge < -0.3 is 5.11 Å². The molecule has 3 nitrogen and oxygen atoms in total. The second-order valence-electron chi connectivity index (χ2n) is 8.63. The minimum atomic E-state index is -0.929. The van der Waals surface area contributed by atoms with Crippen LogP contribution in [0.5, 0.6) is 0 Å². The number of aliphatic hydroxyl groups is 1. The predicted octanol–water partition coefficient (Wildman–Crippen LogP) is 8.15. The summed E-state index contributed by atoms with van der Waals surface area (Å²) in [5.41, 5.74) is 4.03. The van der Waals surface area contributed by atoms with Gasteiger partial charge in [0.25, 0.3) is 0 Å². The fourth-order valence-electron chi connectivity index (χ4n) is 5.00. The number of carbonyl (C=O) groups is 1. The van der Waals surface area contributed by atoms with E-state index in [1.165, 1.54) is 9.79 Å². The van der Waals surface area contributed by atoms with Gasteiger partial charge in [-0.25, -0.2) is 0 Å². The number of para-hydroxylation sites is 2. The number of anilines is 3. The quantitative estimate of drug-likeness (QED) is 0.249. The van der Waals surface area contributed by atoms with Gasteiger partial charge in [-0.2, -0.15) is 0 Å². The Hall–Kier alpha value is -3.64. The lowest BCUT2D eigenvalue weighted by atomic mass is 10.00. The lowest BCUT2D eigenvalue weighted by molar-refractivity contribution is 0.102. The number of benzene rings is 4. The molecule has 1 unspecified atom stereocenters. The fraction of sp³-hybridized carbons (Fsp3) is 0.0333. The number of Topliss-reactive ketones (excluding diaryl/α,β-unsaturated/α-hetero) is 1. The maximum absolute atomic E-state index is 13.3. The number of hydrogen-bond donors (Lipinski definition) is 1. The number of fused-ring (bicyclic) bond motifs is 5. The van der Waals surface area contributed by atoms with Crippen LogP contribution in [0.15, 0.2) is 112 Å². The molecule has 0 radical (unpaired) electrons. The molecule has 0 saturated carbocycles. The first kappa shape index (κ1) is 20.7. The molecule has 1 atom stereocenters. The Bertz CT molecular complexity index is 1640. The van der Waals surface area contributed by atoms with Crippen LogP contribution in [0, 0.1) is 0 Å². The van der Waals surface area contributed by atoms with Gasteiger partial charge >= 0.3 is 0 Å². The van der Waals surface area contributed by atoms with Crippen LogP contribution in [-0.4, -0.2) is 10.9 Å². The zero-order valence-corrected chi connectivity index (χ0v) is 20.1. The van der Waals surface area contributed by atoms with Gasteiger partial charge in [-0.15, -0.1) is 11.3 Å². The summed E-state index contributed by atoms with van der Waals surface area (Å²) in [6, 6.07) is 32.6. The minimum Gasteiger partial charge on any atom is -0.383 e. The molecule has 1 aromatic heterocycles. The fourth-order valence-corrected chi connectivity index (χ4v) is 7.05. The van der Waals surface area contributed by atoms with Crippen LogP contribution in [0.3, 0.4) is 0 Å². The van der Waals surface area contributed by atoms with E-state index in [1.54, 1.807) is 23.1 Å². The van der Waals surface area contributed by atoms with Crippen molar-refractivity contribution in [2.45, 2.75) is 15.9 Å². The lowest BCUT2D eigenvalue weighted by Gasteiger charge is -2.31. The summed E-state index contributed by atoms with van der Waals surface area (Å²) in [5.74, 6) is -0.0988. The molecule has 2 heterocycles. The molecule has 7 rings (SSSR count). The van der Waals surface area contributed by atoms with Crippen molar-refractivity contribution in [1.29, 1.82) is 0 Å². The third-order valence-corrected chi connectivity index (χ3v) is 8.76. The zero-order valence-electron chi connectivity index (χ0n) is 18.5. The second-order valence-corrected chi connectivity index (χ2v) is 10.8. The van der Waals surface area contributed by atoms with E-state index in [9.17, 15) is 9.90 Å². The molecule has 2 aliphatic rings. The van der Waals surface area contributed by atoms with Crippen molar-refractivity contribution in [2.75, 3.05) is 4.90 Å². The van der Waals surface area contributed by atoms with Crippen molar-refractivity contribution in [1.82, 2.24) is 0 Å². The Balaban J connectivity index is 1.31. The van der Waals surface area contributed by atoms with Gasteiger partial charge in [-0.05, 0) is 53.2 Å². The van der Waals surface area contributed by atoms with Crippen molar-refractivity contribution in [3.05, 3.63) is 119 Å². The van der Waals surface area contributed by atoms with Gasteiger partial charge in [0, 0.05) is 31.4 Å². The Kier molecular flexibility index (Phi) is 4.71. The topological polar surface area (TPSA) is 40.5 Å². The van der Waals surface area contributed by atoms with Gasteiger partial charge in [0.05, 0.1) is 11.4 Å². The highest BCUT2D eigenvalue weighted by molar-refractivity contribution is 7.99. The Morgan fingerprint density at radius 1 is 0.771 bits per heavy atom. The van der Waals surface area contributed by atoms with E-state index in [0.29, 0.717) is 16.7 Å². The number of nitrogens with zero attached hydrogens (tertiary/aromatic N) is 1. The van der Waals surface area contributed by atoms with Gasteiger partial charge in [0.2, 0.25) is 0 Å². The monoisotopic (exact) mass is 489 g/mol. The molecule has 35 heavy (non-hydrogen) atoms. The summed E-state index contributed by atoms with van der Waals surface area (Å²) in [5, 5.41) is 14.2. The zero-order chi connectivity index (χ0) is 23.5. The highest BCUT2D eigenvalue weighted by Gasteiger charge is 2.35. The molecule has 1 aliphatic carbocycles. The molecular formula is C30H19NO2S2. The number of rotatable bonds is 2. The van der Waals surface area contributed by atoms with Crippen LogP contribution in [0.4, 0.5) is 16.4 Å². The summed E-state index contributed by atoms with van der Waals surface area (Å²) in [6.45, 7) is 0. The molecule has 0 spiro atoms. The molecule has 168 valence electrons. The third kappa shape index (κ3) is 3.20. The molecule has 5 aromatic rings. The van der Waals surface area contributed by atoms with Gasteiger partial charge in [0.1, 0.15) is 11.1 Å². The SMILES string of the molecule is O=C1/C(=C\c2ccc(N3c4ccccc4Sc4ccccc43)s2)C(O)c2c1ccc1ccccc21. The maximum atomic E-state index is 13.3. The van der Waals surface area contributed by atoms with Gasteiger partial charge in [-0.1, -0.05) is 72.4 Å². The Morgan fingerprint density at radius 3 is 2.23 bits per heavy atom. The average molecular weight is 490 g/mol. The van der Waals surface area contributed by atoms with E-state index in [4.69, 9.17) is 0 Å². The van der Waals surface area contributed by atoms with Crippen LogP contribution < -0.4 is 4.90 Å². The molecule has 0 saturated heterocycles. The van der Waals surface area contributed by atoms with E-state index >= 15 is 0 Å². The molecule has 0 fully saturated rings. The Morgan fingerprint density at radius 2 is 1.46 bits per heavy atom.